The number of benzene rings is 1. The molecule has 102 valence electrons. The third kappa shape index (κ3) is 4.50. The van der Waals surface area contributed by atoms with Crippen LogP contribution in [0.1, 0.15) is 26.3 Å². The molecule has 0 saturated carbocycles. The van der Waals surface area contributed by atoms with Crippen molar-refractivity contribution in [3.63, 3.8) is 0 Å². The summed E-state index contributed by atoms with van der Waals surface area (Å²) in [5.74, 6) is 2.20. The van der Waals surface area contributed by atoms with Gasteiger partial charge in [-0.05, 0) is 37.1 Å². The lowest BCUT2D eigenvalue weighted by atomic mass is 10.2. The average molecular weight is 316 g/mol. The van der Waals surface area contributed by atoms with Gasteiger partial charge in [-0.25, -0.2) is 0 Å². The van der Waals surface area contributed by atoms with E-state index in [1.165, 1.54) is 5.56 Å². The quantitative estimate of drug-likeness (QED) is 0.834. The van der Waals surface area contributed by atoms with Gasteiger partial charge in [-0.1, -0.05) is 29.8 Å². The lowest BCUT2D eigenvalue weighted by Gasteiger charge is -2.14. The Balaban J connectivity index is 2.80. The van der Waals surface area contributed by atoms with Gasteiger partial charge in [0.2, 0.25) is 0 Å². The highest BCUT2D eigenvalue weighted by molar-refractivity contribution is 9.10. The van der Waals surface area contributed by atoms with Gasteiger partial charge in [0, 0.05) is 11.0 Å². The molecule has 1 N–H and O–H groups in total. The Morgan fingerprint density at radius 1 is 1.28 bits per heavy atom. The molecule has 0 aliphatic rings. The van der Waals surface area contributed by atoms with Crippen LogP contribution in [0.3, 0.4) is 0 Å². The number of hydrogen-bond donors (Lipinski definition) is 1. The zero-order chi connectivity index (χ0) is 13.5. The van der Waals surface area contributed by atoms with Gasteiger partial charge in [-0.15, -0.1) is 0 Å². The molecule has 0 aliphatic heterocycles. The molecule has 0 fully saturated rings. The highest BCUT2D eigenvalue weighted by atomic mass is 79.9. The molecule has 1 rings (SSSR count). The zero-order valence-electron chi connectivity index (χ0n) is 11.5. The summed E-state index contributed by atoms with van der Waals surface area (Å²) in [7, 11) is 1.65. The van der Waals surface area contributed by atoms with Crippen molar-refractivity contribution >= 4 is 15.9 Å². The molecule has 0 unspecified atom stereocenters. The Hall–Kier alpha value is -0.740. The van der Waals surface area contributed by atoms with E-state index in [2.05, 4.69) is 35.1 Å². The van der Waals surface area contributed by atoms with Crippen LogP contribution in [0.2, 0.25) is 0 Å². The summed E-state index contributed by atoms with van der Waals surface area (Å²) in [6.45, 7) is 8.82. The van der Waals surface area contributed by atoms with Crippen LogP contribution in [-0.4, -0.2) is 20.3 Å². The highest BCUT2D eigenvalue weighted by Gasteiger charge is 2.09. The first kappa shape index (κ1) is 15.3. The van der Waals surface area contributed by atoms with Crippen molar-refractivity contribution in [1.29, 1.82) is 0 Å². The van der Waals surface area contributed by atoms with E-state index in [1.54, 1.807) is 7.11 Å². The fourth-order valence-electron chi connectivity index (χ4n) is 1.64. The molecule has 0 radical (unpaired) electrons. The zero-order valence-corrected chi connectivity index (χ0v) is 13.1. The molecule has 0 aliphatic carbocycles. The minimum absolute atomic E-state index is 0.636. The lowest BCUT2D eigenvalue weighted by Crippen LogP contribution is -2.19. The van der Waals surface area contributed by atoms with Crippen molar-refractivity contribution < 1.29 is 9.47 Å². The smallest absolute Gasteiger partial charge is 0.161 e. The van der Waals surface area contributed by atoms with E-state index in [9.17, 15) is 0 Å². The average Bonchev–Trinajstić information content (AvgIpc) is 2.32. The molecule has 0 atom stereocenters. The lowest BCUT2D eigenvalue weighted by molar-refractivity contribution is 0.310. The van der Waals surface area contributed by atoms with Gasteiger partial charge in [-0.2, -0.15) is 0 Å². The van der Waals surface area contributed by atoms with Gasteiger partial charge < -0.3 is 14.8 Å². The fraction of sp³-hybridized carbons (Fsp3) is 0.571. The Kier molecular flexibility index (Phi) is 6.50. The molecule has 0 saturated heterocycles. The van der Waals surface area contributed by atoms with E-state index >= 15 is 0 Å². The van der Waals surface area contributed by atoms with Gasteiger partial charge in [0.05, 0.1) is 13.7 Å². The van der Waals surface area contributed by atoms with Crippen LogP contribution < -0.4 is 14.8 Å². The van der Waals surface area contributed by atoms with Gasteiger partial charge >= 0.3 is 0 Å². The standard InChI is InChI=1S/C14H22BrNO2/c1-5-18-14-6-11(9-16-8-10(2)3)12(15)7-13(14)17-4/h6-7,10,16H,5,8-9H2,1-4H3. The normalized spacial score (nSPS) is 10.8. The van der Waals surface area contributed by atoms with E-state index in [1.807, 2.05) is 19.1 Å². The van der Waals surface area contributed by atoms with E-state index in [-0.39, 0.29) is 0 Å². The maximum Gasteiger partial charge on any atom is 0.161 e. The maximum absolute atomic E-state index is 5.58. The molecule has 0 bridgehead atoms. The first-order chi connectivity index (χ1) is 8.58. The van der Waals surface area contributed by atoms with Crippen molar-refractivity contribution in [3.8, 4) is 11.5 Å². The Labute approximate surface area is 118 Å². The van der Waals surface area contributed by atoms with Crippen molar-refractivity contribution in [2.75, 3.05) is 20.3 Å². The van der Waals surface area contributed by atoms with Gasteiger partial charge in [0.25, 0.3) is 0 Å². The summed E-state index contributed by atoms with van der Waals surface area (Å²) in [6.07, 6.45) is 0. The second-order valence-corrected chi connectivity index (χ2v) is 5.41. The number of nitrogens with one attached hydrogen (secondary N) is 1. The third-order valence-corrected chi connectivity index (χ3v) is 3.24. The minimum Gasteiger partial charge on any atom is -0.493 e. The van der Waals surface area contributed by atoms with Gasteiger partial charge in [0.15, 0.2) is 11.5 Å². The van der Waals surface area contributed by atoms with E-state index < -0.39 is 0 Å². The van der Waals surface area contributed by atoms with Crippen LogP contribution in [0.5, 0.6) is 11.5 Å². The highest BCUT2D eigenvalue weighted by Crippen LogP contribution is 2.33. The molecule has 1 aromatic carbocycles. The molecule has 0 amide bonds. The Morgan fingerprint density at radius 2 is 2.00 bits per heavy atom. The van der Waals surface area contributed by atoms with E-state index in [0.29, 0.717) is 12.5 Å². The van der Waals surface area contributed by atoms with Crippen LogP contribution >= 0.6 is 15.9 Å². The molecular formula is C14H22BrNO2. The summed E-state index contributed by atoms with van der Waals surface area (Å²) < 4.78 is 11.9. The van der Waals surface area contributed by atoms with E-state index in [4.69, 9.17) is 9.47 Å². The largest absolute Gasteiger partial charge is 0.493 e. The monoisotopic (exact) mass is 315 g/mol. The number of rotatable bonds is 7. The summed E-state index contributed by atoms with van der Waals surface area (Å²) in [4.78, 5) is 0. The first-order valence-electron chi connectivity index (χ1n) is 6.28. The van der Waals surface area contributed by atoms with Crippen molar-refractivity contribution in [1.82, 2.24) is 5.32 Å². The maximum atomic E-state index is 5.58. The van der Waals surface area contributed by atoms with Crippen molar-refractivity contribution in [2.45, 2.75) is 27.3 Å². The molecule has 18 heavy (non-hydrogen) atoms. The second-order valence-electron chi connectivity index (χ2n) is 4.55. The third-order valence-electron chi connectivity index (χ3n) is 2.50. The molecule has 0 spiro atoms. The summed E-state index contributed by atoms with van der Waals surface area (Å²) >= 11 is 3.56. The summed E-state index contributed by atoms with van der Waals surface area (Å²) in [6, 6.07) is 3.98. The summed E-state index contributed by atoms with van der Waals surface area (Å²) in [5, 5.41) is 3.42. The Morgan fingerprint density at radius 3 is 2.56 bits per heavy atom. The van der Waals surface area contributed by atoms with Crippen LogP contribution in [0.15, 0.2) is 16.6 Å². The number of methoxy groups -OCH3 is 1. The van der Waals surface area contributed by atoms with Crippen LogP contribution in [0, 0.1) is 5.92 Å². The summed E-state index contributed by atoms with van der Waals surface area (Å²) in [5.41, 5.74) is 1.18. The van der Waals surface area contributed by atoms with Crippen molar-refractivity contribution in [2.24, 2.45) is 5.92 Å². The topological polar surface area (TPSA) is 30.5 Å². The molecule has 4 heteroatoms. The second kappa shape index (κ2) is 7.64. The molecule has 3 nitrogen and oxygen atoms in total. The first-order valence-corrected chi connectivity index (χ1v) is 7.07. The SMILES string of the molecule is CCOc1cc(CNCC(C)C)c(Br)cc1OC. The molecule has 1 aromatic rings. The predicted octanol–water partition coefficient (Wildman–Crippen LogP) is 3.60. The van der Waals surface area contributed by atoms with Crippen molar-refractivity contribution in [3.05, 3.63) is 22.2 Å². The fourth-order valence-corrected chi connectivity index (χ4v) is 2.10. The molecular weight excluding hydrogens is 294 g/mol. The number of halogens is 1. The number of ether oxygens (including phenoxy) is 2. The minimum atomic E-state index is 0.636. The van der Waals surface area contributed by atoms with E-state index in [0.717, 1.165) is 29.1 Å². The number of hydrogen-bond acceptors (Lipinski definition) is 3. The van der Waals surface area contributed by atoms with Crippen LogP contribution in [-0.2, 0) is 6.54 Å². The van der Waals surface area contributed by atoms with Gasteiger partial charge in [-0.3, -0.25) is 0 Å². The molecule has 0 heterocycles. The van der Waals surface area contributed by atoms with Crippen LogP contribution in [0.25, 0.3) is 0 Å². The predicted molar refractivity (Wildman–Crippen MR) is 78.4 cm³/mol. The molecule has 0 aromatic heterocycles. The van der Waals surface area contributed by atoms with Gasteiger partial charge in [0.1, 0.15) is 0 Å². The van der Waals surface area contributed by atoms with Crippen LogP contribution in [0.4, 0.5) is 0 Å². The Bertz CT molecular complexity index is 380.